The van der Waals surface area contributed by atoms with Gasteiger partial charge in [0.1, 0.15) is 5.76 Å². The zero-order valence-corrected chi connectivity index (χ0v) is 9.43. The van der Waals surface area contributed by atoms with Gasteiger partial charge in [-0.25, -0.2) is 4.79 Å². The number of carbonyl (C=O) groups is 1. The molecule has 0 saturated carbocycles. The summed E-state index contributed by atoms with van der Waals surface area (Å²) in [7, 11) is 0. The third kappa shape index (κ3) is 1.55. The maximum absolute atomic E-state index is 11.2. The minimum atomic E-state index is -0.837. The highest BCUT2D eigenvalue weighted by Crippen LogP contribution is 2.41. The van der Waals surface area contributed by atoms with Crippen molar-refractivity contribution in [1.29, 1.82) is 0 Å². The zero-order valence-electron chi connectivity index (χ0n) is 9.43. The van der Waals surface area contributed by atoms with Crippen LogP contribution in [0.1, 0.15) is 36.6 Å². The van der Waals surface area contributed by atoms with Crippen molar-refractivity contribution in [2.24, 2.45) is 0 Å². The molecule has 92 valence electrons. The number of nitrogens with zero attached hydrogens (tertiary/aromatic N) is 2. The minimum Gasteiger partial charge on any atom is -0.465 e. The first-order valence-electron chi connectivity index (χ1n) is 5.91. The lowest BCUT2D eigenvalue weighted by Gasteiger charge is -2.41. The van der Waals surface area contributed by atoms with Crippen molar-refractivity contribution in [2.45, 2.75) is 37.6 Å². The molecule has 17 heavy (non-hydrogen) atoms. The van der Waals surface area contributed by atoms with Gasteiger partial charge >= 0.3 is 6.09 Å². The molecular formula is C11H15N3O3. The van der Waals surface area contributed by atoms with E-state index in [1.165, 1.54) is 4.90 Å². The highest BCUT2D eigenvalue weighted by Gasteiger charge is 2.41. The number of aromatic nitrogens is 1. The molecule has 0 unspecified atom stereocenters. The average molecular weight is 237 g/mol. The van der Waals surface area contributed by atoms with Crippen LogP contribution in [-0.2, 0) is 6.42 Å². The number of rotatable bonds is 0. The Kier molecular flexibility index (Phi) is 2.24. The molecule has 1 amide bonds. The lowest BCUT2D eigenvalue weighted by molar-refractivity contribution is 0.0845. The van der Waals surface area contributed by atoms with Gasteiger partial charge in [0.15, 0.2) is 0 Å². The number of likely N-dealkylation sites (tertiary alicyclic amines) is 1. The van der Waals surface area contributed by atoms with Crippen LogP contribution in [-0.4, -0.2) is 33.7 Å². The van der Waals surface area contributed by atoms with E-state index in [9.17, 15) is 9.90 Å². The SMILES string of the molecule is Nc1nc2c(o1)[C@H]1CCCN(C(=O)O)[C@@H]1CC2. The molecule has 2 heterocycles. The van der Waals surface area contributed by atoms with Gasteiger partial charge in [0.2, 0.25) is 0 Å². The molecule has 6 heteroatoms. The smallest absolute Gasteiger partial charge is 0.407 e. The highest BCUT2D eigenvalue weighted by molar-refractivity contribution is 5.66. The van der Waals surface area contributed by atoms with Crippen molar-refractivity contribution < 1.29 is 14.3 Å². The third-order valence-electron chi connectivity index (χ3n) is 3.78. The number of amides is 1. The van der Waals surface area contributed by atoms with Crippen molar-refractivity contribution in [3.63, 3.8) is 0 Å². The molecule has 1 aliphatic carbocycles. The molecular weight excluding hydrogens is 222 g/mol. The van der Waals surface area contributed by atoms with E-state index in [0.29, 0.717) is 6.54 Å². The van der Waals surface area contributed by atoms with E-state index >= 15 is 0 Å². The predicted molar refractivity (Wildman–Crippen MR) is 59.7 cm³/mol. The van der Waals surface area contributed by atoms with Crippen LogP contribution in [0.5, 0.6) is 0 Å². The van der Waals surface area contributed by atoms with Crippen molar-refractivity contribution in [1.82, 2.24) is 9.88 Å². The van der Waals surface area contributed by atoms with Gasteiger partial charge in [-0.3, -0.25) is 0 Å². The molecule has 3 rings (SSSR count). The fraction of sp³-hybridized carbons (Fsp3) is 0.636. The molecule has 0 radical (unpaired) electrons. The lowest BCUT2D eigenvalue weighted by atomic mass is 9.79. The molecule has 0 bridgehead atoms. The summed E-state index contributed by atoms with van der Waals surface area (Å²) in [5.41, 5.74) is 6.48. The largest absolute Gasteiger partial charge is 0.465 e. The number of hydrogen-bond acceptors (Lipinski definition) is 4. The van der Waals surface area contributed by atoms with Crippen molar-refractivity contribution in [3.05, 3.63) is 11.5 Å². The molecule has 1 aromatic rings. The number of aryl methyl sites for hydroxylation is 1. The normalized spacial score (nSPS) is 27.4. The second-order valence-electron chi connectivity index (χ2n) is 4.69. The minimum absolute atomic E-state index is 0.0288. The number of fused-ring (bicyclic) bond motifs is 3. The fourth-order valence-corrected chi connectivity index (χ4v) is 3.09. The van der Waals surface area contributed by atoms with Gasteiger partial charge in [0.05, 0.1) is 5.69 Å². The van der Waals surface area contributed by atoms with E-state index in [0.717, 1.165) is 37.1 Å². The molecule has 3 N–H and O–H groups in total. The number of carboxylic acid groups (broad SMARTS) is 1. The summed E-state index contributed by atoms with van der Waals surface area (Å²) >= 11 is 0. The Labute approximate surface area is 98.4 Å². The van der Waals surface area contributed by atoms with Crippen molar-refractivity contribution in [2.75, 3.05) is 12.3 Å². The monoisotopic (exact) mass is 237 g/mol. The van der Waals surface area contributed by atoms with Crippen molar-refractivity contribution in [3.8, 4) is 0 Å². The van der Waals surface area contributed by atoms with Gasteiger partial charge in [-0.2, -0.15) is 4.98 Å². The van der Waals surface area contributed by atoms with Crippen LogP contribution < -0.4 is 5.73 Å². The number of anilines is 1. The van der Waals surface area contributed by atoms with Gasteiger partial charge in [-0.05, 0) is 25.7 Å². The number of piperidine rings is 1. The Bertz CT molecular complexity index is 457. The summed E-state index contributed by atoms with van der Waals surface area (Å²) in [6, 6.07) is 0.226. The van der Waals surface area contributed by atoms with Gasteiger partial charge in [-0.15, -0.1) is 0 Å². The first-order chi connectivity index (χ1) is 8.16. The van der Waals surface area contributed by atoms with Gasteiger partial charge in [-0.1, -0.05) is 0 Å². The average Bonchev–Trinajstić information content (AvgIpc) is 2.68. The Morgan fingerprint density at radius 2 is 2.35 bits per heavy atom. The van der Waals surface area contributed by atoms with Crippen LogP contribution in [0.2, 0.25) is 0 Å². The lowest BCUT2D eigenvalue weighted by Crippen LogP contribution is -2.48. The Balaban J connectivity index is 1.95. The second-order valence-corrected chi connectivity index (χ2v) is 4.69. The molecule has 2 aliphatic rings. The van der Waals surface area contributed by atoms with E-state index in [4.69, 9.17) is 10.2 Å². The first-order valence-corrected chi connectivity index (χ1v) is 5.91. The molecule has 0 spiro atoms. The molecule has 2 atom stereocenters. The van der Waals surface area contributed by atoms with Crippen LogP contribution in [0.25, 0.3) is 0 Å². The van der Waals surface area contributed by atoms with Gasteiger partial charge in [0, 0.05) is 18.5 Å². The van der Waals surface area contributed by atoms with Gasteiger partial charge in [0.25, 0.3) is 6.01 Å². The zero-order chi connectivity index (χ0) is 12.0. The van der Waals surface area contributed by atoms with Crippen LogP contribution in [0.4, 0.5) is 10.8 Å². The summed E-state index contributed by atoms with van der Waals surface area (Å²) in [4.78, 5) is 16.9. The van der Waals surface area contributed by atoms with Crippen LogP contribution >= 0.6 is 0 Å². The van der Waals surface area contributed by atoms with E-state index in [1.54, 1.807) is 0 Å². The van der Waals surface area contributed by atoms with E-state index in [1.807, 2.05) is 0 Å². The summed E-state index contributed by atoms with van der Waals surface area (Å²) in [6.45, 7) is 0.620. The predicted octanol–water partition coefficient (Wildman–Crippen LogP) is 1.43. The molecule has 1 aromatic heterocycles. The number of nitrogens with two attached hydrogens (primary N) is 1. The molecule has 1 fully saturated rings. The number of nitrogen functional groups attached to an aromatic ring is 1. The summed E-state index contributed by atoms with van der Waals surface area (Å²) in [6.07, 6.45) is 2.55. The Hall–Kier alpha value is -1.72. The fourth-order valence-electron chi connectivity index (χ4n) is 3.09. The second kappa shape index (κ2) is 3.65. The van der Waals surface area contributed by atoms with E-state index < -0.39 is 6.09 Å². The summed E-state index contributed by atoms with van der Waals surface area (Å²) in [5, 5.41) is 9.19. The Morgan fingerprint density at radius 1 is 1.53 bits per heavy atom. The Morgan fingerprint density at radius 3 is 3.12 bits per heavy atom. The maximum atomic E-state index is 11.2. The molecule has 1 saturated heterocycles. The standard InChI is InChI=1S/C11H15N3O3/c12-10-13-7-3-4-8-6(9(7)17-10)2-1-5-14(8)11(15)16/h6,8H,1-5H2,(H2,12,13)(H,15,16)/t6-,8+/m0/s1. The quantitative estimate of drug-likeness (QED) is 0.712. The maximum Gasteiger partial charge on any atom is 0.407 e. The summed E-state index contributed by atoms with van der Waals surface area (Å²) < 4.78 is 5.45. The van der Waals surface area contributed by atoms with Crippen LogP contribution in [0.3, 0.4) is 0 Å². The van der Waals surface area contributed by atoms with E-state index in [-0.39, 0.29) is 18.0 Å². The molecule has 1 aliphatic heterocycles. The number of hydrogen-bond donors (Lipinski definition) is 2. The van der Waals surface area contributed by atoms with Crippen LogP contribution in [0, 0.1) is 0 Å². The molecule has 0 aromatic carbocycles. The third-order valence-corrected chi connectivity index (χ3v) is 3.78. The molecule has 6 nitrogen and oxygen atoms in total. The first kappa shape index (κ1) is 10.4. The topological polar surface area (TPSA) is 92.6 Å². The highest BCUT2D eigenvalue weighted by atomic mass is 16.4. The van der Waals surface area contributed by atoms with Gasteiger partial charge < -0.3 is 20.2 Å². The summed E-state index contributed by atoms with van der Waals surface area (Å²) in [5.74, 6) is 0.943. The van der Waals surface area contributed by atoms with E-state index in [2.05, 4.69) is 4.98 Å². The van der Waals surface area contributed by atoms with Crippen molar-refractivity contribution >= 4 is 12.1 Å². The number of oxazole rings is 1. The van der Waals surface area contributed by atoms with Crippen LogP contribution in [0.15, 0.2) is 4.42 Å².